The molecule has 0 spiro atoms. The lowest BCUT2D eigenvalue weighted by atomic mass is 10.0. The summed E-state index contributed by atoms with van der Waals surface area (Å²) in [6.07, 6.45) is 0.737. The molecule has 114 valence electrons. The second-order valence-corrected chi connectivity index (χ2v) is 5.85. The van der Waals surface area contributed by atoms with Gasteiger partial charge in [-0.25, -0.2) is 4.68 Å². The maximum Gasteiger partial charge on any atom is 0.0741 e. The lowest BCUT2D eigenvalue weighted by Gasteiger charge is -2.21. The maximum absolute atomic E-state index is 10.0. The number of rotatable bonds is 6. The molecule has 0 radical (unpaired) electrons. The topological polar surface area (TPSA) is 50.1 Å². The van der Waals surface area contributed by atoms with Crippen molar-refractivity contribution in [2.45, 2.75) is 46.3 Å². The Labute approximate surface area is 126 Å². The summed E-state index contributed by atoms with van der Waals surface area (Å²) in [4.78, 5) is 0. The van der Waals surface area contributed by atoms with Gasteiger partial charge in [-0.1, -0.05) is 25.1 Å². The molecule has 0 aliphatic carbocycles. The van der Waals surface area contributed by atoms with E-state index in [1.807, 2.05) is 43.7 Å². The quantitative estimate of drug-likeness (QED) is 0.859. The fourth-order valence-corrected chi connectivity index (χ4v) is 2.33. The summed E-state index contributed by atoms with van der Waals surface area (Å²) >= 11 is 0. The van der Waals surface area contributed by atoms with Gasteiger partial charge in [-0.3, -0.25) is 0 Å². The normalized spacial score (nSPS) is 14.1. The first-order valence-corrected chi connectivity index (χ1v) is 7.48. The van der Waals surface area contributed by atoms with Crippen LogP contribution in [0.3, 0.4) is 0 Å². The molecule has 4 nitrogen and oxygen atoms in total. The molecule has 1 heterocycles. The number of aliphatic hydroxyl groups is 1. The Bertz CT molecular complexity index is 588. The number of aromatic nitrogens is 2. The summed E-state index contributed by atoms with van der Waals surface area (Å²) in [6.45, 7) is 9.27. The van der Waals surface area contributed by atoms with Crippen LogP contribution in [0.2, 0.25) is 0 Å². The second kappa shape index (κ2) is 6.41. The van der Waals surface area contributed by atoms with Crippen molar-refractivity contribution in [3.05, 3.63) is 47.3 Å². The number of nitrogens with one attached hydrogen (secondary N) is 1. The fourth-order valence-electron chi connectivity index (χ4n) is 2.33. The number of nitrogens with zero attached hydrogens (tertiary/aromatic N) is 2. The molecule has 2 rings (SSSR count). The van der Waals surface area contributed by atoms with Crippen LogP contribution in [0.1, 0.15) is 37.2 Å². The summed E-state index contributed by atoms with van der Waals surface area (Å²) < 4.78 is 1.98. The Hall–Kier alpha value is -1.65. The molecular formula is C17H25N3O. The highest BCUT2D eigenvalue weighted by Crippen LogP contribution is 2.18. The zero-order chi connectivity index (χ0) is 15.5. The van der Waals surface area contributed by atoms with E-state index in [0.717, 1.165) is 30.0 Å². The SMILES string of the molecule is CCC(C)(O)CNCc1c(C)nn(-c2ccccc2)c1C. The molecule has 4 heteroatoms. The van der Waals surface area contributed by atoms with E-state index in [9.17, 15) is 5.11 Å². The van der Waals surface area contributed by atoms with Gasteiger partial charge >= 0.3 is 0 Å². The second-order valence-electron chi connectivity index (χ2n) is 5.85. The van der Waals surface area contributed by atoms with Gasteiger partial charge in [0.2, 0.25) is 0 Å². The van der Waals surface area contributed by atoms with Gasteiger partial charge in [-0.05, 0) is 39.3 Å². The molecule has 0 amide bonds. The molecular weight excluding hydrogens is 262 g/mol. The molecule has 1 aromatic carbocycles. The molecule has 1 atom stereocenters. The molecule has 0 bridgehead atoms. The summed E-state index contributed by atoms with van der Waals surface area (Å²) in [7, 11) is 0. The molecule has 0 aliphatic heterocycles. The zero-order valence-electron chi connectivity index (χ0n) is 13.3. The third kappa shape index (κ3) is 3.71. The van der Waals surface area contributed by atoms with Crippen LogP contribution < -0.4 is 5.32 Å². The monoisotopic (exact) mass is 287 g/mol. The molecule has 0 saturated heterocycles. The average Bonchev–Trinajstić information content (AvgIpc) is 2.76. The van der Waals surface area contributed by atoms with Crippen LogP contribution in [0, 0.1) is 13.8 Å². The third-order valence-electron chi connectivity index (χ3n) is 4.01. The van der Waals surface area contributed by atoms with Gasteiger partial charge in [0, 0.05) is 24.3 Å². The summed E-state index contributed by atoms with van der Waals surface area (Å²) in [5.74, 6) is 0. The van der Waals surface area contributed by atoms with Gasteiger partial charge in [-0.15, -0.1) is 0 Å². The van der Waals surface area contributed by atoms with Crippen molar-refractivity contribution in [1.82, 2.24) is 15.1 Å². The van der Waals surface area contributed by atoms with E-state index in [2.05, 4.69) is 29.5 Å². The number of para-hydroxylation sites is 1. The predicted octanol–water partition coefficient (Wildman–Crippen LogP) is 2.74. The van der Waals surface area contributed by atoms with E-state index in [1.165, 1.54) is 5.56 Å². The molecule has 0 saturated carbocycles. The Morgan fingerprint density at radius 1 is 1.24 bits per heavy atom. The first-order valence-electron chi connectivity index (χ1n) is 7.48. The molecule has 1 unspecified atom stereocenters. The van der Waals surface area contributed by atoms with Crippen molar-refractivity contribution >= 4 is 0 Å². The lowest BCUT2D eigenvalue weighted by molar-refractivity contribution is 0.0555. The highest BCUT2D eigenvalue weighted by atomic mass is 16.3. The standard InChI is InChI=1S/C17H25N3O/c1-5-17(4,21)12-18-11-16-13(2)19-20(14(16)3)15-9-7-6-8-10-15/h6-10,18,21H,5,11-12H2,1-4H3. The Balaban J connectivity index is 2.13. The number of aryl methyl sites for hydroxylation is 1. The average molecular weight is 287 g/mol. The van der Waals surface area contributed by atoms with Crippen LogP contribution in [0.15, 0.2) is 30.3 Å². The van der Waals surface area contributed by atoms with Gasteiger partial charge in [-0.2, -0.15) is 5.10 Å². The van der Waals surface area contributed by atoms with Crippen LogP contribution in [0.5, 0.6) is 0 Å². The molecule has 2 N–H and O–H groups in total. The van der Waals surface area contributed by atoms with Crippen LogP contribution in [0.25, 0.3) is 5.69 Å². The Kier molecular flexibility index (Phi) is 4.80. The van der Waals surface area contributed by atoms with Crippen LogP contribution in [-0.2, 0) is 6.54 Å². The zero-order valence-corrected chi connectivity index (χ0v) is 13.3. The third-order valence-corrected chi connectivity index (χ3v) is 4.01. The van der Waals surface area contributed by atoms with E-state index in [-0.39, 0.29) is 0 Å². The van der Waals surface area contributed by atoms with E-state index >= 15 is 0 Å². The molecule has 0 fully saturated rings. The summed E-state index contributed by atoms with van der Waals surface area (Å²) in [5, 5.41) is 18.0. The summed E-state index contributed by atoms with van der Waals surface area (Å²) in [5.41, 5.74) is 3.79. The van der Waals surface area contributed by atoms with Crippen LogP contribution in [-0.4, -0.2) is 27.0 Å². The van der Waals surface area contributed by atoms with Crippen molar-refractivity contribution in [2.24, 2.45) is 0 Å². The molecule has 21 heavy (non-hydrogen) atoms. The van der Waals surface area contributed by atoms with Crippen molar-refractivity contribution in [1.29, 1.82) is 0 Å². The van der Waals surface area contributed by atoms with Crippen LogP contribution >= 0.6 is 0 Å². The summed E-state index contributed by atoms with van der Waals surface area (Å²) in [6, 6.07) is 10.1. The number of hydrogen-bond acceptors (Lipinski definition) is 3. The van der Waals surface area contributed by atoms with E-state index in [4.69, 9.17) is 0 Å². The first-order chi connectivity index (χ1) is 9.94. The molecule has 0 aliphatic rings. The van der Waals surface area contributed by atoms with Gasteiger partial charge in [0.05, 0.1) is 17.0 Å². The minimum atomic E-state index is -0.656. The van der Waals surface area contributed by atoms with Gasteiger partial charge in [0.15, 0.2) is 0 Å². The number of benzene rings is 1. The molecule has 2 aromatic rings. The van der Waals surface area contributed by atoms with E-state index < -0.39 is 5.60 Å². The minimum Gasteiger partial charge on any atom is -0.389 e. The van der Waals surface area contributed by atoms with E-state index in [1.54, 1.807) is 0 Å². The fraction of sp³-hybridized carbons (Fsp3) is 0.471. The highest BCUT2D eigenvalue weighted by Gasteiger charge is 2.18. The number of hydrogen-bond donors (Lipinski definition) is 2. The Morgan fingerprint density at radius 2 is 1.90 bits per heavy atom. The van der Waals surface area contributed by atoms with Gasteiger partial charge in [0.25, 0.3) is 0 Å². The largest absolute Gasteiger partial charge is 0.389 e. The maximum atomic E-state index is 10.0. The van der Waals surface area contributed by atoms with Crippen molar-refractivity contribution < 1.29 is 5.11 Å². The predicted molar refractivity (Wildman–Crippen MR) is 85.7 cm³/mol. The van der Waals surface area contributed by atoms with Gasteiger partial charge in [0.1, 0.15) is 0 Å². The van der Waals surface area contributed by atoms with Crippen LogP contribution in [0.4, 0.5) is 0 Å². The smallest absolute Gasteiger partial charge is 0.0741 e. The van der Waals surface area contributed by atoms with Crippen molar-refractivity contribution in [3.8, 4) is 5.69 Å². The molecule has 1 aromatic heterocycles. The van der Waals surface area contributed by atoms with Crippen molar-refractivity contribution in [2.75, 3.05) is 6.54 Å². The Morgan fingerprint density at radius 3 is 2.52 bits per heavy atom. The lowest BCUT2D eigenvalue weighted by Crippen LogP contribution is -2.36. The highest BCUT2D eigenvalue weighted by molar-refractivity contribution is 5.36. The van der Waals surface area contributed by atoms with E-state index in [0.29, 0.717) is 6.54 Å². The minimum absolute atomic E-state index is 0.582. The first kappa shape index (κ1) is 15.7. The van der Waals surface area contributed by atoms with Gasteiger partial charge < -0.3 is 10.4 Å². The van der Waals surface area contributed by atoms with Crippen molar-refractivity contribution in [3.63, 3.8) is 0 Å².